The van der Waals surface area contributed by atoms with Gasteiger partial charge in [-0.2, -0.15) is 0 Å². The maximum absolute atomic E-state index is 12.2. The van der Waals surface area contributed by atoms with Crippen molar-refractivity contribution < 1.29 is 13.2 Å². The predicted octanol–water partition coefficient (Wildman–Crippen LogP) is 2.28. The fourth-order valence-corrected chi connectivity index (χ4v) is 4.07. The number of fused-ring (bicyclic) bond motifs is 1. The molecule has 1 aliphatic rings. The van der Waals surface area contributed by atoms with Crippen molar-refractivity contribution in [3.63, 3.8) is 0 Å². The molecule has 0 saturated carbocycles. The molecule has 1 amide bonds. The molecule has 2 rings (SSSR count). The summed E-state index contributed by atoms with van der Waals surface area (Å²) < 4.78 is 25.2. The van der Waals surface area contributed by atoms with Crippen molar-refractivity contribution in [1.82, 2.24) is 4.31 Å². The van der Waals surface area contributed by atoms with Crippen molar-refractivity contribution in [3.8, 4) is 0 Å². The average molecular weight is 343 g/mol. The van der Waals surface area contributed by atoms with Crippen LogP contribution in [0.25, 0.3) is 0 Å². The van der Waals surface area contributed by atoms with E-state index in [1.165, 1.54) is 12.1 Å². The van der Waals surface area contributed by atoms with Gasteiger partial charge in [0, 0.05) is 5.88 Å². The third-order valence-corrected chi connectivity index (χ3v) is 6.12. The number of nitrogens with zero attached hydrogens (tertiary/aromatic N) is 1. The normalized spacial score (nSPS) is 20.2. The zero-order valence-corrected chi connectivity index (χ0v) is 12.7. The first-order valence-corrected chi connectivity index (χ1v) is 8.24. The number of carbonyl (C=O) groups is 1. The zero-order valence-electron chi connectivity index (χ0n) is 9.59. The van der Waals surface area contributed by atoms with E-state index in [2.05, 4.69) is 0 Å². The van der Waals surface area contributed by atoms with Crippen molar-refractivity contribution in [2.45, 2.75) is 15.6 Å². The zero-order chi connectivity index (χ0) is 14.2. The van der Waals surface area contributed by atoms with Gasteiger partial charge >= 0.3 is 0 Å². The first-order valence-electron chi connectivity index (χ1n) is 5.39. The Morgan fingerprint density at radius 2 is 1.79 bits per heavy atom. The second kappa shape index (κ2) is 5.48. The highest BCUT2D eigenvalue weighted by atomic mass is 35.5. The van der Waals surface area contributed by atoms with Gasteiger partial charge in [-0.05, 0) is 12.1 Å². The molecule has 0 saturated heterocycles. The minimum Gasteiger partial charge on any atom is -0.268 e. The maximum Gasteiger partial charge on any atom is 0.269 e. The quantitative estimate of drug-likeness (QED) is 0.789. The number of halogens is 3. The molecule has 0 fully saturated rings. The Hall–Kier alpha value is -0.490. The summed E-state index contributed by atoms with van der Waals surface area (Å²) in [5.74, 6) is -0.509. The largest absolute Gasteiger partial charge is 0.269 e. The molecule has 0 aliphatic carbocycles. The summed E-state index contributed by atoms with van der Waals surface area (Å²) in [6.07, 6.45) is 0. The average Bonchev–Trinajstić information content (AvgIpc) is 2.59. The van der Waals surface area contributed by atoms with Gasteiger partial charge in [-0.15, -0.1) is 34.8 Å². The Bertz CT molecular complexity index is 605. The first-order chi connectivity index (χ1) is 8.89. The van der Waals surface area contributed by atoms with Gasteiger partial charge in [0.2, 0.25) is 0 Å². The SMILES string of the molecule is O=C1c2ccccc2S(=O)(=O)N1C[C@@H](Cl)[C@H](Cl)CCl. The van der Waals surface area contributed by atoms with E-state index in [1.807, 2.05) is 0 Å². The van der Waals surface area contributed by atoms with E-state index in [0.717, 1.165) is 4.31 Å². The lowest BCUT2D eigenvalue weighted by atomic mass is 10.2. The van der Waals surface area contributed by atoms with E-state index in [1.54, 1.807) is 12.1 Å². The molecule has 0 spiro atoms. The van der Waals surface area contributed by atoms with Crippen LogP contribution in [0.4, 0.5) is 0 Å². The monoisotopic (exact) mass is 341 g/mol. The highest BCUT2D eigenvalue weighted by Crippen LogP contribution is 2.31. The Morgan fingerprint density at radius 3 is 2.37 bits per heavy atom. The number of hydrogen-bond donors (Lipinski definition) is 0. The van der Waals surface area contributed by atoms with Gasteiger partial charge in [0.05, 0.1) is 22.9 Å². The van der Waals surface area contributed by atoms with Gasteiger partial charge < -0.3 is 0 Å². The van der Waals surface area contributed by atoms with E-state index >= 15 is 0 Å². The van der Waals surface area contributed by atoms with Gasteiger partial charge in [0.25, 0.3) is 15.9 Å². The summed E-state index contributed by atoms with van der Waals surface area (Å²) in [6, 6.07) is 6.04. The summed E-state index contributed by atoms with van der Waals surface area (Å²) in [6.45, 7) is -0.196. The van der Waals surface area contributed by atoms with Crippen LogP contribution in [0.3, 0.4) is 0 Å². The Kier molecular flexibility index (Phi) is 4.30. The summed E-state index contributed by atoms with van der Waals surface area (Å²) in [7, 11) is -3.83. The van der Waals surface area contributed by atoms with Crippen LogP contribution < -0.4 is 0 Å². The molecule has 104 valence electrons. The summed E-state index contributed by atoms with van der Waals surface area (Å²) in [5.41, 5.74) is 0.156. The van der Waals surface area contributed by atoms with Gasteiger partial charge in [0.1, 0.15) is 4.90 Å². The maximum atomic E-state index is 12.2. The second-order valence-corrected chi connectivity index (χ2v) is 7.28. The van der Waals surface area contributed by atoms with Crippen molar-refractivity contribution in [1.29, 1.82) is 0 Å². The number of benzene rings is 1. The van der Waals surface area contributed by atoms with E-state index < -0.39 is 26.7 Å². The number of sulfonamides is 1. The van der Waals surface area contributed by atoms with Crippen LogP contribution in [-0.2, 0) is 10.0 Å². The van der Waals surface area contributed by atoms with Crippen molar-refractivity contribution in [3.05, 3.63) is 29.8 Å². The highest BCUT2D eigenvalue weighted by molar-refractivity contribution is 7.90. The molecular formula is C11H10Cl3NO3S. The molecule has 8 heteroatoms. The minimum absolute atomic E-state index is 0.000799. The van der Waals surface area contributed by atoms with Gasteiger partial charge in [-0.3, -0.25) is 4.79 Å². The molecule has 4 nitrogen and oxygen atoms in total. The molecule has 1 aromatic rings. The van der Waals surface area contributed by atoms with Gasteiger partial charge in [-0.25, -0.2) is 12.7 Å². The van der Waals surface area contributed by atoms with Crippen LogP contribution in [-0.4, -0.2) is 41.8 Å². The van der Waals surface area contributed by atoms with E-state index in [9.17, 15) is 13.2 Å². The van der Waals surface area contributed by atoms with Crippen LogP contribution in [0.1, 0.15) is 10.4 Å². The lowest BCUT2D eigenvalue weighted by molar-refractivity contribution is 0.0871. The fraction of sp³-hybridized carbons (Fsp3) is 0.364. The number of carbonyl (C=O) groups excluding carboxylic acids is 1. The smallest absolute Gasteiger partial charge is 0.268 e. The molecule has 0 radical (unpaired) electrons. The van der Waals surface area contributed by atoms with E-state index in [-0.39, 0.29) is 22.9 Å². The molecule has 2 atom stereocenters. The molecule has 1 heterocycles. The lowest BCUT2D eigenvalue weighted by Gasteiger charge is -2.20. The third kappa shape index (κ3) is 2.57. The fourth-order valence-electron chi connectivity index (χ4n) is 1.78. The molecule has 0 aromatic heterocycles. The van der Waals surface area contributed by atoms with Crippen molar-refractivity contribution >= 4 is 50.7 Å². The van der Waals surface area contributed by atoms with Crippen LogP contribution in [0.15, 0.2) is 29.2 Å². The first kappa shape index (κ1) is 14.9. The number of hydrogen-bond acceptors (Lipinski definition) is 3. The van der Waals surface area contributed by atoms with Gasteiger partial charge in [0.15, 0.2) is 0 Å². The second-order valence-electron chi connectivity index (χ2n) is 4.02. The number of rotatable bonds is 4. The Balaban J connectivity index is 2.33. The van der Waals surface area contributed by atoms with Crippen LogP contribution >= 0.6 is 34.8 Å². The van der Waals surface area contributed by atoms with Crippen LogP contribution in [0.5, 0.6) is 0 Å². The standard InChI is InChI=1S/C11H10Cl3NO3S/c12-5-8(13)9(14)6-15-11(16)7-3-1-2-4-10(7)19(15,17)18/h1-4,8-9H,5-6H2/t8-,9-/m1/s1. The molecule has 19 heavy (non-hydrogen) atoms. The third-order valence-electron chi connectivity index (χ3n) is 2.79. The Labute approximate surface area is 126 Å². The van der Waals surface area contributed by atoms with Crippen LogP contribution in [0.2, 0.25) is 0 Å². The number of amides is 1. The molecular weight excluding hydrogens is 333 g/mol. The summed E-state index contributed by atoms with van der Waals surface area (Å²) in [5, 5.41) is -1.36. The molecule has 1 aromatic carbocycles. The molecule has 1 aliphatic heterocycles. The van der Waals surface area contributed by atoms with E-state index in [0.29, 0.717) is 0 Å². The predicted molar refractivity (Wildman–Crippen MR) is 74.7 cm³/mol. The summed E-state index contributed by atoms with van der Waals surface area (Å²) >= 11 is 17.4. The Morgan fingerprint density at radius 1 is 1.16 bits per heavy atom. The van der Waals surface area contributed by atoms with Crippen molar-refractivity contribution in [2.75, 3.05) is 12.4 Å². The number of alkyl halides is 3. The van der Waals surface area contributed by atoms with Gasteiger partial charge in [-0.1, -0.05) is 12.1 Å². The van der Waals surface area contributed by atoms with Crippen LogP contribution in [0, 0.1) is 0 Å². The highest BCUT2D eigenvalue weighted by Gasteiger charge is 2.42. The van der Waals surface area contributed by atoms with Crippen molar-refractivity contribution in [2.24, 2.45) is 0 Å². The topological polar surface area (TPSA) is 54.5 Å². The lowest BCUT2D eigenvalue weighted by Crippen LogP contribution is -2.38. The molecule has 0 bridgehead atoms. The summed E-state index contributed by atoms with van der Waals surface area (Å²) in [4.78, 5) is 12.1. The minimum atomic E-state index is -3.83. The molecule has 0 N–H and O–H groups in total. The van der Waals surface area contributed by atoms with E-state index in [4.69, 9.17) is 34.8 Å². The molecule has 0 unspecified atom stereocenters.